The van der Waals surface area contributed by atoms with Crippen molar-refractivity contribution in [3.8, 4) is 0 Å². The Morgan fingerprint density at radius 2 is 2.00 bits per heavy atom. The standard InChI is InChI=1S/C20H19BrFNO2/c1-13-7-8-14(9-17(13)22)11-23-18-6-4-3-5-16(18)20(21)15(12-25-2)10-19(23)24/h3-9H,10-12H2,1-2H3. The number of anilines is 1. The van der Waals surface area contributed by atoms with E-state index in [0.717, 1.165) is 26.9 Å². The minimum Gasteiger partial charge on any atom is -0.380 e. The average molecular weight is 404 g/mol. The van der Waals surface area contributed by atoms with E-state index in [4.69, 9.17) is 4.74 Å². The van der Waals surface area contributed by atoms with Crippen LogP contribution in [0.4, 0.5) is 10.1 Å². The third-order valence-electron chi connectivity index (χ3n) is 4.30. The van der Waals surface area contributed by atoms with Gasteiger partial charge < -0.3 is 9.64 Å². The highest BCUT2D eigenvalue weighted by Crippen LogP contribution is 2.38. The fraction of sp³-hybridized carbons (Fsp3) is 0.250. The van der Waals surface area contributed by atoms with Crippen molar-refractivity contribution < 1.29 is 13.9 Å². The van der Waals surface area contributed by atoms with E-state index in [1.165, 1.54) is 6.07 Å². The average Bonchev–Trinajstić information content (AvgIpc) is 2.70. The Bertz CT molecular complexity index is 847. The van der Waals surface area contributed by atoms with Crippen molar-refractivity contribution in [1.29, 1.82) is 0 Å². The number of aryl methyl sites for hydroxylation is 1. The molecule has 130 valence electrons. The van der Waals surface area contributed by atoms with Gasteiger partial charge in [0.15, 0.2) is 0 Å². The minimum absolute atomic E-state index is 0.0325. The summed E-state index contributed by atoms with van der Waals surface area (Å²) in [5.74, 6) is -0.289. The molecule has 3 nitrogen and oxygen atoms in total. The Morgan fingerprint density at radius 3 is 2.72 bits per heavy atom. The van der Waals surface area contributed by atoms with Gasteiger partial charge in [-0.25, -0.2) is 4.39 Å². The van der Waals surface area contributed by atoms with E-state index < -0.39 is 0 Å². The number of halogens is 2. The van der Waals surface area contributed by atoms with Gasteiger partial charge >= 0.3 is 0 Å². The summed E-state index contributed by atoms with van der Waals surface area (Å²) in [5, 5.41) is 0. The molecule has 0 bridgehead atoms. The van der Waals surface area contributed by atoms with Crippen LogP contribution >= 0.6 is 15.9 Å². The van der Waals surface area contributed by atoms with E-state index >= 15 is 0 Å². The van der Waals surface area contributed by atoms with Crippen molar-refractivity contribution in [2.24, 2.45) is 0 Å². The molecule has 0 unspecified atom stereocenters. The van der Waals surface area contributed by atoms with Gasteiger partial charge in [0, 0.05) is 17.2 Å². The predicted molar refractivity (Wildman–Crippen MR) is 101 cm³/mol. The molecule has 3 rings (SSSR count). The quantitative estimate of drug-likeness (QED) is 0.731. The monoisotopic (exact) mass is 403 g/mol. The van der Waals surface area contributed by atoms with Crippen LogP contribution in [0.25, 0.3) is 4.48 Å². The Labute approximate surface area is 155 Å². The van der Waals surface area contributed by atoms with Crippen molar-refractivity contribution in [2.75, 3.05) is 18.6 Å². The fourth-order valence-corrected chi connectivity index (χ4v) is 3.54. The molecule has 0 spiro atoms. The molecule has 0 saturated carbocycles. The maximum Gasteiger partial charge on any atom is 0.231 e. The molecule has 0 atom stereocenters. The number of ether oxygens (including phenoxy) is 1. The third kappa shape index (κ3) is 3.67. The highest BCUT2D eigenvalue weighted by atomic mass is 79.9. The van der Waals surface area contributed by atoms with Crippen LogP contribution in [0.5, 0.6) is 0 Å². The molecule has 0 N–H and O–H groups in total. The number of carbonyl (C=O) groups excluding carboxylic acids is 1. The van der Waals surface area contributed by atoms with Gasteiger partial charge in [0.05, 0.1) is 25.3 Å². The summed E-state index contributed by atoms with van der Waals surface area (Å²) in [4.78, 5) is 14.6. The summed E-state index contributed by atoms with van der Waals surface area (Å²) in [6, 6.07) is 12.8. The molecule has 25 heavy (non-hydrogen) atoms. The van der Waals surface area contributed by atoms with Crippen molar-refractivity contribution in [3.63, 3.8) is 0 Å². The van der Waals surface area contributed by atoms with E-state index in [0.29, 0.717) is 18.7 Å². The van der Waals surface area contributed by atoms with Gasteiger partial charge in [0.25, 0.3) is 0 Å². The number of benzene rings is 2. The second kappa shape index (κ2) is 7.50. The van der Waals surface area contributed by atoms with Crippen LogP contribution in [0, 0.1) is 12.7 Å². The van der Waals surface area contributed by atoms with Crippen molar-refractivity contribution in [3.05, 3.63) is 70.5 Å². The fourth-order valence-electron chi connectivity index (χ4n) is 2.95. The van der Waals surface area contributed by atoms with Gasteiger partial charge in [-0.1, -0.05) is 46.3 Å². The third-order valence-corrected chi connectivity index (χ3v) is 5.29. The molecular formula is C20H19BrFNO2. The summed E-state index contributed by atoms with van der Waals surface area (Å²) < 4.78 is 20.0. The Morgan fingerprint density at radius 1 is 1.24 bits per heavy atom. The molecule has 5 heteroatoms. The lowest BCUT2D eigenvalue weighted by atomic mass is 10.1. The maximum atomic E-state index is 13.9. The lowest BCUT2D eigenvalue weighted by Crippen LogP contribution is -2.30. The summed E-state index contributed by atoms with van der Waals surface area (Å²) in [5.41, 5.74) is 4.01. The number of para-hydroxylation sites is 1. The number of hydrogen-bond acceptors (Lipinski definition) is 2. The van der Waals surface area contributed by atoms with Gasteiger partial charge in [-0.2, -0.15) is 0 Å². The number of carbonyl (C=O) groups is 1. The number of fused-ring (bicyclic) bond motifs is 1. The van der Waals surface area contributed by atoms with Crippen LogP contribution in [-0.2, 0) is 16.1 Å². The SMILES string of the molecule is COCC1=C(Br)c2ccccc2N(Cc2ccc(C)c(F)c2)C(=O)C1. The van der Waals surface area contributed by atoms with E-state index in [1.807, 2.05) is 30.3 Å². The van der Waals surface area contributed by atoms with Crippen LogP contribution in [0.3, 0.4) is 0 Å². The minimum atomic E-state index is -0.257. The Kier molecular flexibility index (Phi) is 5.35. The molecule has 1 aliphatic rings. The van der Waals surface area contributed by atoms with Crippen LogP contribution < -0.4 is 4.90 Å². The lowest BCUT2D eigenvalue weighted by molar-refractivity contribution is -0.118. The van der Waals surface area contributed by atoms with E-state index in [2.05, 4.69) is 15.9 Å². The maximum absolute atomic E-state index is 13.9. The highest BCUT2D eigenvalue weighted by molar-refractivity contribution is 9.15. The van der Waals surface area contributed by atoms with Crippen LogP contribution in [0.15, 0.2) is 48.0 Å². The smallest absolute Gasteiger partial charge is 0.231 e. The molecule has 1 aliphatic heterocycles. The van der Waals surface area contributed by atoms with E-state index in [9.17, 15) is 9.18 Å². The number of rotatable bonds is 4. The van der Waals surface area contributed by atoms with Crippen molar-refractivity contribution >= 4 is 32.0 Å². The first-order chi connectivity index (χ1) is 12.0. The molecule has 2 aromatic carbocycles. The summed E-state index contributed by atoms with van der Waals surface area (Å²) in [7, 11) is 1.61. The van der Waals surface area contributed by atoms with Crippen molar-refractivity contribution in [1.82, 2.24) is 0 Å². The van der Waals surface area contributed by atoms with E-state index in [-0.39, 0.29) is 18.1 Å². The zero-order valence-electron chi connectivity index (χ0n) is 14.2. The van der Waals surface area contributed by atoms with Crippen LogP contribution in [0.1, 0.15) is 23.1 Å². The van der Waals surface area contributed by atoms with Gasteiger partial charge in [-0.3, -0.25) is 4.79 Å². The number of methoxy groups -OCH3 is 1. The van der Waals surface area contributed by atoms with Crippen LogP contribution in [-0.4, -0.2) is 19.6 Å². The molecule has 2 aromatic rings. The normalized spacial score (nSPS) is 14.6. The number of nitrogens with zero attached hydrogens (tertiary/aromatic N) is 1. The summed E-state index contributed by atoms with van der Waals surface area (Å²) in [6.45, 7) is 2.44. The highest BCUT2D eigenvalue weighted by Gasteiger charge is 2.26. The van der Waals surface area contributed by atoms with Gasteiger partial charge in [-0.15, -0.1) is 0 Å². The number of hydrogen-bond donors (Lipinski definition) is 0. The molecule has 0 aliphatic carbocycles. The van der Waals surface area contributed by atoms with Gasteiger partial charge in [-0.05, 0) is 35.8 Å². The van der Waals surface area contributed by atoms with E-state index in [1.54, 1.807) is 25.0 Å². The Balaban J connectivity index is 2.02. The Hall–Kier alpha value is -1.98. The second-order valence-electron chi connectivity index (χ2n) is 6.11. The first-order valence-corrected chi connectivity index (χ1v) is 8.82. The zero-order chi connectivity index (χ0) is 18.0. The summed E-state index contributed by atoms with van der Waals surface area (Å²) >= 11 is 3.63. The molecule has 0 radical (unpaired) electrons. The first-order valence-electron chi connectivity index (χ1n) is 8.02. The molecule has 1 heterocycles. The molecule has 0 saturated heterocycles. The summed E-state index contributed by atoms with van der Waals surface area (Å²) in [6.07, 6.45) is 0.261. The lowest BCUT2D eigenvalue weighted by Gasteiger charge is -2.23. The van der Waals surface area contributed by atoms with Gasteiger partial charge in [0.2, 0.25) is 5.91 Å². The largest absolute Gasteiger partial charge is 0.380 e. The molecular weight excluding hydrogens is 385 g/mol. The molecule has 0 aromatic heterocycles. The number of amides is 1. The second-order valence-corrected chi connectivity index (χ2v) is 6.90. The first kappa shape index (κ1) is 17.8. The molecule has 0 fully saturated rings. The molecule has 1 amide bonds. The topological polar surface area (TPSA) is 29.5 Å². The zero-order valence-corrected chi connectivity index (χ0v) is 15.8. The van der Waals surface area contributed by atoms with Gasteiger partial charge in [0.1, 0.15) is 5.82 Å². The van der Waals surface area contributed by atoms with Crippen LogP contribution in [0.2, 0.25) is 0 Å². The predicted octanol–water partition coefficient (Wildman–Crippen LogP) is 4.82. The van der Waals surface area contributed by atoms with Crippen molar-refractivity contribution in [2.45, 2.75) is 19.9 Å².